The van der Waals surface area contributed by atoms with Gasteiger partial charge in [-0.25, -0.2) is 14.8 Å². The number of thiophene rings is 2. The molecule has 30 heavy (non-hydrogen) atoms. The number of nitrogens with zero attached hydrogens (tertiary/aromatic N) is 2. The Kier molecular flexibility index (Phi) is 6.73. The number of hydrogen-bond donors (Lipinski definition) is 2. The molecule has 9 heteroatoms. The first-order chi connectivity index (χ1) is 14.7. The number of thioether (sulfide) groups is 1. The van der Waals surface area contributed by atoms with E-state index in [-0.39, 0.29) is 11.7 Å². The maximum Gasteiger partial charge on any atom is 0.321 e. The van der Waals surface area contributed by atoms with Crippen LogP contribution in [0.15, 0.2) is 65.3 Å². The van der Waals surface area contributed by atoms with Crippen molar-refractivity contribution in [1.82, 2.24) is 20.6 Å². The molecule has 0 atom stereocenters. The molecule has 0 aliphatic heterocycles. The number of amides is 3. The predicted molar refractivity (Wildman–Crippen MR) is 123 cm³/mol. The summed E-state index contributed by atoms with van der Waals surface area (Å²) in [5.41, 5.74) is 1.12. The van der Waals surface area contributed by atoms with Crippen LogP contribution in [0, 0.1) is 0 Å². The van der Waals surface area contributed by atoms with Crippen LogP contribution in [0.1, 0.15) is 4.88 Å². The zero-order valence-electron chi connectivity index (χ0n) is 15.8. The molecule has 0 aliphatic rings. The van der Waals surface area contributed by atoms with Crippen LogP contribution in [0.4, 0.5) is 4.79 Å². The summed E-state index contributed by atoms with van der Waals surface area (Å²) >= 11 is 4.53. The summed E-state index contributed by atoms with van der Waals surface area (Å²) in [5, 5.41) is 8.71. The minimum Gasteiger partial charge on any atom is -0.337 e. The lowest BCUT2D eigenvalue weighted by Crippen LogP contribution is -2.41. The molecule has 3 amide bonds. The smallest absolute Gasteiger partial charge is 0.321 e. The summed E-state index contributed by atoms with van der Waals surface area (Å²) in [6.07, 6.45) is 2.25. The lowest BCUT2D eigenvalue weighted by atomic mass is 10.2. The number of imide groups is 1. The van der Waals surface area contributed by atoms with Crippen molar-refractivity contribution >= 4 is 56.6 Å². The second-order valence-corrected chi connectivity index (χ2v) is 9.32. The average Bonchev–Trinajstić information content (AvgIpc) is 3.43. The van der Waals surface area contributed by atoms with Crippen LogP contribution in [0.5, 0.6) is 0 Å². The molecule has 4 rings (SSSR count). The normalized spacial score (nSPS) is 10.8. The van der Waals surface area contributed by atoms with Gasteiger partial charge in [-0.3, -0.25) is 10.1 Å². The highest BCUT2D eigenvalue weighted by atomic mass is 32.2. The number of aromatic nitrogens is 2. The van der Waals surface area contributed by atoms with Crippen LogP contribution in [0.2, 0.25) is 0 Å². The maximum atomic E-state index is 12.1. The zero-order chi connectivity index (χ0) is 20.8. The van der Waals surface area contributed by atoms with Crippen molar-refractivity contribution < 1.29 is 9.59 Å². The largest absolute Gasteiger partial charge is 0.337 e. The molecule has 0 unspecified atom stereocenters. The molecule has 6 nitrogen and oxygen atoms in total. The van der Waals surface area contributed by atoms with Gasteiger partial charge in [0, 0.05) is 21.7 Å². The molecule has 0 spiro atoms. The topological polar surface area (TPSA) is 84.0 Å². The van der Waals surface area contributed by atoms with Gasteiger partial charge in [0.05, 0.1) is 5.75 Å². The van der Waals surface area contributed by atoms with Gasteiger partial charge in [0.2, 0.25) is 5.91 Å². The maximum absolute atomic E-state index is 12.1. The van der Waals surface area contributed by atoms with Crippen LogP contribution in [-0.4, -0.2) is 34.2 Å². The Morgan fingerprint density at radius 1 is 1.07 bits per heavy atom. The van der Waals surface area contributed by atoms with E-state index < -0.39 is 6.03 Å². The number of nitrogens with one attached hydrogen (secondary N) is 2. The van der Waals surface area contributed by atoms with Crippen molar-refractivity contribution in [2.24, 2.45) is 0 Å². The number of benzene rings is 1. The fourth-order valence-corrected chi connectivity index (χ4v) is 5.34. The molecule has 2 N–H and O–H groups in total. The minimum absolute atomic E-state index is 0.0982. The Morgan fingerprint density at radius 2 is 1.93 bits per heavy atom. The molecule has 4 aromatic rings. The van der Waals surface area contributed by atoms with Crippen molar-refractivity contribution in [3.8, 4) is 10.4 Å². The van der Waals surface area contributed by atoms with Gasteiger partial charge < -0.3 is 5.32 Å². The van der Waals surface area contributed by atoms with Gasteiger partial charge in [-0.2, -0.15) is 0 Å². The summed E-state index contributed by atoms with van der Waals surface area (Å²) < 4.78 is 0. The summed E-state index contributed by atoms with van der Waals surface area (Å²) in [7, 11) is 0. The third-order valence-corrected chi connectivity index (χ3v) is 7.21. The van der Waals surface area contributed by atoms with Crippen LogP contribution in [-0.2, 0) is 11.2 Å². The fourth-order valence-electron chi connectivity index (χ4n) is 2.79. The molecule has 152 valence electrons. The van der Waals surface area contributed by atoms with Gasteiger partial charge in [0.1, 0.15) is 16.2 Å². The molecule has 0 bridgehead atoms. The van der Waals surface area contributed by atoms with Gasteiger partial charge in [0.25, 0.3) is 0 Å². The van der Waals surface area contributed by atoms with Gasteiger partial charge in [-0.1, -0.05) is 48.2 Å². The first-order valence-corrected chi connectivity index (χ1v) is 11.9. The molecule has 0 saturated carbocycles. The Hall–Kier alpha value is -2.75. The molecule has 3 heterocycles. The highest BCUT2D eigenvalue weighted by molar-refractivity contribution is 8.00. The zero-order valence-corrected chi connectivity index (χ0v) is 18.3. The molecule has 0 saturated heterocycles. The Morgan fingerprint density at radius 3 is 2.73 bits per heavy atom. The van der Waals surface area contributed by atoms with E-state index in [4.69, 9.17) is 0 Å². The second kappa shape index (κ2) is 9.84. The Labute approximate surface area is 185 Å². The third-order valence-electron chi connectivity index (χ3n) is 4.18. The van der Waals surface area contributed by atoms with Crippen molar-refractivity contribution in [2.45, 2.75) is 11.4 Å². The molecular formula is C21H18N4O2S3. The van der Waals surface area contributed by atoms with E-state index in [1.165, 1.54) is 23.0 Å². The fraction of sp³-hybridized carbons (Fsp3) is 0.143. The van der Waals surface area contributed by atoms with E-state index in [2.05, 4.69) is 32.7 Å². The highest BCUT2D eigenvalue weighted by Gasteiger charge is 2.13. The van der Waals surface area contributed by atoms with Crippen molar-refractivity contribution in [1.29, 1.82) is 0 Å². The van der Waals surface area contributed by atoms with E-state index in [1.54, 1.807) is 22.7 Å². The number of rotatable bonds is 7. The Balaban J connectivity index is 1.32. The number of urea groups is 1. The number of carbonyl (C=O) groups excluding carboxylic acids is 2. The molecule has 1 aromatic carbocycles. The number of hydrogen-bond acceptors (Lipinski definition) is 7. The molecule has 0 aliphatic carbocycles. The standard InChI is InChI=1S/C21H18N4O2S3/c26-18(25-21(27)22-9-8-15-7-4-10-28-15)12-29-19-16-11-17(14-5-2-1-3-6-14)30-20(16)24-13-23-19/h1-7,10-11,13H,8-9,12H2,(H2,22,25,26,27). The van der Waals surface area contributed by atoms with Crippen molar-refractivity contribution in [3.63, 3.8) is 0 Å². The van der Waals surface area contributed by atoms with Gasteiger partial charge in [-0.15, -0.1) is 22.7 Å². The average molecular weight is 455 g/mol. The summed E-state index contributed by atoms with van der Waals surface area (Å²) in [6.45, 7) is 0.483. The van der Waals surface area contributed by atoms with E-state index in [9.17, 15) is 9.59 Å². The van der Waals surface area contributed by atoms with E-state index in [0.717, 1.165) is 32.1 Å². The van der Waals surface area contributed by atoms with Crippen molar-refractivity contribution in [2.75, 3.05) is 12.3 Å². The van der Waals surface area contributed by atoms with E-state index >= 15 is 0 Å². The quantitative estimate of drug-likeness (QED) is 0.315. The molecule has 3 aromatic heterocycles. The van der Waals surface area contributed by atoms with Crippen molar-refractivity contribution in [3.05, 3.63) is 65.1 Å². The number of fused-ring (bicyclic) bond motifs is 1. The van der Waals surface area contributed by atoms with Gasteiger partial charge >= 0.3 is 6.03 Å². The first kappa shape index (κ1) is 20.5. The van der Waals surface area contributed by atoms with E-state index in [1.807, 2.05) is 41.8 Å². The molecular weight excluding hydrogens is 436 g/mol. The SMILES string of the molecule is O=C(CSc1ncnc2sc(-c3ccccc3)cc12)NC(=O)NCCc1cccs1. The highest BCUT2D eigenvalue weighted by Crippen LogP contribution is 2.35. The monoisotopic (exact) mass is 454 g/mol. The lowest BCUT2D eigenvalue weighted by molar-refractivity contribution is -0.117. The second-order valence-electron chi connectivity index (χ2n) is 6.30. The predicted octanol–water partition coefficient (Wildman–Crippen LogP) is 4.58. The van der Waals surface area contributed by atoms with Gasteiger partial charge in [-0.05, 0) is 29.5 Å². The summed E-state index contributed by atoms with van der Waals surface area (Å²) in [4.78, 5) is 35.9. The Bertz CT molecular complexity index is 1140. The summed E-state index contributed by atoms with van der Waals surface area (Å²) in [5.74, 6) is -0.264. The third kappa shape index (κ3) is 5.24. The van der Waals surface area contributed by atoms with Gasteiger partial charge in [0.15, 0.2) is 0 Å². The first-order valence-electron chi connectivity index (χ1n) is 9.22. The minimum atomic E-state index is -0.480. The van der Waals surface area contributed by atoms with Crippen LogP contribution in [0.3, 0.4) is 0 Å². The number of carbonyl (C=O) groups is 2. The van der Waals surface area contributed by atoms with Crippen LogP contribution in [0.25, 0.3) is 20.7 Å². The summed E-state index contributed by atoms with van der Waals surface area (Å²) in [6, 6.07) is 15.6. The molecule has 0 fully saturated rings. The van der Waals surface area contributed by atoms with Crippen LogP contribution < -0.4 is 10.6 Å². The lowest BCUT2D eigenvalue weighted by Gasteiger charge is -2.06. The van der Waals surface area contributed by atoms with Crippen LogP contribution >= 0.6 is 34.4 Å². The van der Waals surface area contributed by atoms with E-state index in [0.29, 0.717) is 6.54 Å². The molecule has 0 radical (unpaired) electrons.